The summed E-state index contributed by atoms with van der Waals surface area (Å²) in [6.45, 7) is 0. The standard InChI is InChI=1S/C17H19IN2O/c18-16-10-6-5-9-15(16)17-13(12-21)11-20(19-17)14-7-3-1-2-4-8-14/h5-6,9-12,14H,1-4,7-8H2. The molecule has 0 bridgehead atoms. The highest BCUT2D eigenvalue weighted by Crippen LogP contribution is 2.31. The minimum atomic E-state index is 0.446. The molecule has 2 aromatic rings. The van der Waals surface area contributed by atoms with Crippen molar-refractivity contribution in [2.45, 2.75) is 44.6 Å². The van der Waals surface area contributed by atoms with Crippen molar-refractivity contribution in [3.63, 3.8) is 0 Å². The summed E-state index contributed by atoms with van der Waals surface area (Å²) in [4.78, 5) is 11.4. The largest absolute Gasteiger partial charge is 0.298 e. The predicted molar refractivity (Wildman–Crippen MR) is 92.5 cm³/mol. The van der Waals surface area contributed by atoms with Crippen LogP contribution in [-0.4, -0.2) is 16.1 Å². The molecule has 1 heterocycles. The molecule has 3 rings (SSSR count). The van der Waals surface area contributed by atoms with E-state index in [-0.39, 0.29) is 0 Å². The molecule has 1 aromatic heterocycles. The van der Waals surface area contributed by atoms with Gasteiger partial charge < -0.3 is 0 Å². The zero-order valence-electron chi connectivity index (χ0n) is 12.0. The summed E-state index contributed by atoms with van der Waals surface area (Å²) in [7, 11) is 0. The maximum atomic E-state index is 11.4. The fourth-order valence-corrected chi connectivity index (χ4v) is 3.71. The molecular formula is C17H19IN2O. The van der Waals surface area contributed by atoms with Crippen LogP contribution in [0.4, 0.5) is 0 Å². The first kappa shape index (κ1) is 14.8. The number of carbonyl (C=O) groups is 1. The predicted octanol–water partition coefficient (Wildman–Crippen LogP) is 4.86. The summed E-state index contributed by atoms with van der Waals surface area (Å²) < 4.78 is 3.16. The molecule has 0 aliphatic heterocycles. The third kappa shape index (κ3) is 3.20. The number of hydrogen-bond acceptors (Lipinski definition) is 2. The first-order valence-corrected chi connectivity index (χ1v) is 8.66. The van der Waals surface area contributed by atoms with Gasteiger partial charge in [-0.25, -0.2) is 0 Å². The summed E-state index contributed by atoms with van der Waals surface area (Å²) >= 11 is 2.30. The van der Waals surface area contributed by atoms with Crippen molar-refractivity contribution >= 4 is 28.9 Å². The van der Waals surface area contributed by atoms with Crippen LogP contribution in [0.25, 0.3) is 11.3 Å². The van der Waals surface area contributed by atoms with Crippen molar-refractivity contribution in [2.24, 2.45) is 0 Å². The van der Waals surface area contributed by atoms with Gasteiger partial charge in [-0.2, -0.15) is 5.10 Å². The van der Waals surface area contributed by atoms with Crippen LogP contribution in [0.5, 0.6) is 0 Å². The van der Waals surface area contributed by atoms with Crippen molar-refractivity contribution in [1.29, 1.82) is 0 Å². The Bertz CT molecular complexity index is 627. The lowest BCUT2D eigenvalue weighted by Gasteiger charge is -2.14. The first-order valence-electron chi connectivity index (χ1n) is 7.59. The van der Waals surface area contributed by atoms with E-state index in [1.165, 1.54) is 38.5 Å². The summed E-state index contributed by atoms with van der Waals surface area (Å²) in [5, 5.41) is 4.76. The molecule has 1 fully saturated rings. The van der Waals surface area contributed by atoms with Crippen LogP contribution in [0.1, 0.15) is 54.9 Å². The Morgan fingerprint density at radius 1 is 1.14 bits per heavy atom. The minimum absolute atomic E-state index is 0.446. The van der Waals surface area contributed by atoms with Crippen molar-refractivity contribution in [2.75, 3.05) is 0 Å². The number of halogens is 1. The van der Waals surface area contributed by atoms with Gasteiger partial charge in [0.1, 0.15) is 5.69 Å². The Morgan fingerprint density at radius 3 is 2.52 bits per heavy atom. The lowest BCUT2D eigenvalue weighted by atomic mass is 10.1. The zero-order chi connectivity index (χ0) is 14.7. The smallest absolute Gasteiger partial charge is 0.153 e. The van der Waals surface area contributed by atoms with E-state index in [0.717, 1.165) is 21.1 Å². The van der Waals surface area contributed by atoms with Gasteiger partial charge in [-0.05, 0) is 41.5 Å². The van der Waals surface area contributed by atoms with E-state index in [1.807, 2.05) is 29.1 Å². The number of benzene rings is 1. The second kappa shape index (κ2) is 6.73. The Morgan fingerprint density at radius 2 is 1.86 bits per heavy atom. The highest BCUT2D eigenvalue weighted by molar-refractivity contribution is 14.1. The molecule has 0 N–H and O–H groups in total. The molecule has 0 atom stereocenters. The van der Waals surface area contributed by atoms with Crippen LogP contribution in [0.2, 0.25) is 0 Å². The monoisotopic (exact) mass is 394 g/mol. The Hall–Kier alpha value is -1.17. The first-order chi connectivity index (χ1) is 10.3. The molecule has 21 heavy (non-hydrogen) atoms. The van der Waals surface area contributed by atoms with Crippen molar-refractivity contribution in [1.82, 2.24) is 9.78 Å². The molecule has 0 radical (unpaired) electrons. The van der Waals surface area contributed by atoms with Gasteiger partial charge in [0.2, 0.25) is 0 Å². The molecule has 0 amide bonds. The van der Waals surface area contributed by atoms with Gasteiger partial charge in [0.15, 0.2) is 6.29 Å². The van der Waals surface area contributed by atoms with Gasteiger partial charge in [-0.3, -0.25) is 9.48 Å². The quantitative estimate of drug-likeness (QED) is 0.423. The summed E-state index contributed by atoms with van der Waals surface area (Å²) in [5.74, 6) is 0. The molecule has 1 saturated carbocycles. The molecule has 110 valence electrons. The third-order valence-electron chi connectivity index (χ3n) is 4.22. The highest BCUT2D eigenvalue weighted by Gasteiger charge is 2.19. The molecule has 3 nitrogen and oxygen atoms in total. The lowest BCUT2D eigenvalue weighted by molar-refractivity contribution is 0.112. The number of aromatic nitrogens is 2. The molecule has 0 unspecified atom stereocenters. The van der Waals surface area contributed by atoms with Crippen LogP contribution >= 0.6 is 22.6 Å². The number of rotatable bonds is 3. The molecular weight excluding hydrogens is 375 g/mol. The second-order valence-electron chi connectivity index (χ2n) is 5.66. The van der Waals surface area contributed by atoms with Crippen LogP contribution in [-0.2, 0) is 0 Å². The van der Waals surface area contributed by atoms with E-state index in [4.69, 9.17) is 5.10 Å². The Kier molecular flexibility index (Phi) is 4.73. The topological polar surface area (TPSA) is 34.9 Å². The van der Waals surface area contributed by atoms with Crippen molar-refractivity contribution in [3.05, 3.63) is 39.6 Å². The SMILES string of the molecule is O=Cc1cn(C2CCCCCC2)nc1-c1ccccc1I. The number of aldehydes is 1. The van der Waals surface area contributed by atoms with Gasteiger partial charge in [0, 0.05) is 15.3 Å². The summed E-state index contributed by atoms with van der Waals surface area (Å²) in [6, 6.07) is 8.54. The molecule has 1 aromatic carbocycles. The van der Waals surface area contributed by atoms with Gasteiger partial charge >= 0.3 is 0 Å². The number of carbonyl (C=O) groups excluding carboxylic acids is 1. The highest BCUT2D eigenvalue weighted by atomic mass is 127. The molecule has 0 spiro atoms. The van der Waals surface area contributed by atoms with Gasteiger partial charge in [0.25, 0.3) is 0 Å². The fourth-order valence-electron chi connectivity index (χ4n) is 3.06. The van der Waals surface area contributed by atoms with Gasteiger partial charge in [0.05, 0.1) is 11.6 Å². The maximum absolute atomic E-state index is 11.4. The minimum Gasteiger partial charge on any atom is -0.298 e. The number of hydrogen-bond donors (Lipinski definition) is 0. The molecule has 1 aliphatic carbocycles. The number of nitrogens with zero attached hydrogens (tertiary/aromatic N) is 2. The van der Waals surface area contributed by atoms with Gasteiger partial charge in [-0.1, -0.05) is 43.9 Å². The van der Waals surface area contributed by atoms with Crippen LogP contribution in [0, 0.1) is 3.57 Å². The fraction of sp³-hybridized carbons (Fsp3) is 0.412. The van der Waals surface area contributed by atoms with Crippen LogP contribution in [0.3, 0.4) is 0 Å². The van der Waals surface area contributed by atoms with E-state index in [1.54, 1.807) is 0 Å². The van der Waals surface area contributed by atoms with Crippen molar-refractivity contribution in [3.8, 4) is 11.3 Å². The average Bonchev–Trinajstić information content (AvgIpc) is 2.74. The van der Waals surface area contributed by atoms with E-state index in [9.17, 15) is 4.79 Å². The van der Waals surface area contributed by atoms with Crippen LogP contribution in [0.15, 0.2) is 30.5 Å². The summed E-state index contributed by atoms with van der Waals surface area (Å²) in [6.07, 6.45) is 10.4. The Balaban J connectivity index is 1.98. The second-order valence-corrected chi connectivity index (χ2v) is 6.82. The molecule has 1 aliphatic rings. The van der Waals surface area contributed by atoms with E-state index in [2.05, 4.69) is 28.7 Å². The van der Waals surface area contributed by atoms with E-state index < -0.39 is 0 Å². The van der Waals surface area contributed by atoms with Crippen molar-refractivity contribution < 1.29 is 4.79 Å². The Labute approximate surface area is 138 Å². The van der Waals surface area contributed by atoms with E-state index in [0.29, 0.717) is 11.6 Å². The molecule has 4 heteroatoms. The summed E-state index contributed by atoms with van der Waals surface area (Å²) in [5.41, 5.74) is 2.56. The van der Waals surface area contributed by atoms with Crippen LogP contribution < -0.4 is 0 Å². The zero-order valence-corrected chi connectivity index (χ0v) is 14.1. The normalized spacial score (nSPS) is 16.6. The maximum Gasteiger partial charge on any atom is 0.153 e. The lowest BCUT2D eigenvalue weighted by Crippen LogP contribution is -2.08. The third-order valence-corrected chi connectivity index (χ3v) is 5.16. The van der Waals surface area contributed by atoms with E-state index >= 15 is 0 Å². The molecule has 0 saturated heterocycles. The average molecular weight is 394 g/mol. The van der Waals surface area contributed by atoms with Gasteiger partial charge in [-0.15, -0.1) is 0 Å².